The van der Waals surface area contributed by atoms with Gasteiger partial charge in [0.25, 0.3) is 0 Å². The lowest BCUT2D eigenvalue weighted by Gasteiger charge is -2.13. The summed E-state index contributed by atoms with van der Waals surface area (Å²) in [6, 6.07) is 14.3. The van der Waals surface area contributed by atoms with Crippen LogP contribution in [0.3, 0.4) is 0 Å². The van der Waals surface area contributed by atoms with Crippen LogP contribution in [-0.4, -0.2) is 19.6 Å². The van der Waals surface area contributed by atoms with Gasteiger partial charge in [-0.15, -0.1) is 0 Å². The van der Waals surface area contributed by atoms with Gasteiger partial charge in [-0.25, -0.2) is 4.39 Å². The lowest BCUT2D eigenvalue weighted by molar-refractivity contribution is -0.124. The number of amides is 1. The number of halogens is 1. The van der Waals surface area contributed by atoms with E-state index >= 15 is 0 Å². The number of methoxy groups -OCH3 is 1. The van der Waals surface area contributed by atoms with E-state index in [2.05, 4.69) is 5.32 Å². The van der Waals surface area contributed by atoms with Crippen LogP contribution in [0.2, 0.25) is 0 Å². The molecule has 0 radical (unpaired) electrons. The van der Waals surface area contributed by atoms with Crippen molar-refractivity contribution < 1.29 is 13.9 Å². The second-order valence-electron chi connectivity index (χ2n) is 5.59. The quantitative estimate of drug-likeness (QED) is 0.851. The van der Waals surface area contributed by atoms with Gasteiger partial charge in [0.2, 0.25) is 5.91 Å². The number of carbonyl (C=O) groups is 1. The van der Waals surface area contributed by atoms with E-state index in [4.69, 9.17) is 4.74 Å². The lowest BCUT2D eigenvalue weighted by Crippen LogP contribution is -2.32. The number of hydrogen-bond acceptors (Lipinski definition) is 2. The van der Waals surface area contributed by atoms with E-state index in [9.17, 15) is 9.18 Å². The van der Waals surface area contributed by atoms with Crippen LogP contribution < -0.4 is 10.1 Å². The van der Waals surface area contributed by atoms with Gasteiger partial charge in [-0.1, -0.05) is 37.3 Å². The zero-order chi connectivity index (χ0) is 16.7. The molecule has 1 amide bonds. The van der Waals surface area contributed by atoms with Gasteiger partial charge in [-0.05, 0) is 42.2 Å². The van der Waals surface area contributed by atoms with Crippen LogP contribution in [0, 0.1) is 11.7 Å². The van der Waals surface area contributed by atoms with Crippen LogP contribution in [0.4, 0.5) is 4.39 Å². The summed E-state index contributed by atoms with van der Waals surface area (Å²) in [6.07, 6.45) is 1.13. The highest BCUT2D eigenvalue weighted by Crippen LogP contribution is 2.14. The van der Waals surface area contributed by atoms with E-state index in [0.29, 0.717) is 18.5 Å². The Morgan fingerprint density at radius 3 is 2.74 bits per heavy atom. The first-order valence-corrected chi connectivity index (χ1v) is 7.74. The van der Waals surface area contributed by atoms with Crippen LogP contribution in [-0.2, 0) is 17.6 Å². The number of nitrogens with one attached hydrogen (secondary N) is 1. The summed E-state index contributed by atoms with van der Waals surface area (Å²) in [5.41, 5.74) is 1.68. The zero-order valence-electron chi connectivity index (χ0n) is 13.5. The molecule has 0 aliphatic heterocycles. The Hall–Kier alpha value is -2.36. The average molecular weight is 315 g/mol. The number of carbonyl (C=O) groups excluding carboxylic acids is 1. The van der Waals surface area contributed by atoms with Gasteiger partial charge in [0.15, 0.2) is 0 Å². The highest BCUT2D eigenvalue weighted by molar-refractivity contribution is 5.78. The fourth-order valence-corrected chi connectivity index (χ4v) is 2.42. The molecule has 1 N–H and O–H groups in total. The fraction of sp³-hybridized carbons (Fsp3) is 0.316. The van der Waals surface area contributed by atoms with Gasteiger partial charge in [-0.2, -0.15) is 0 Å². The number of benzene rings is 2. The molecule has 2 aromatic carbocycles. The molecule has 1 atom stereocenters. The van der Waals surface area contributed by atoms with Crippen molar-refractivity contribution in [2.45, 2.75) is 19.8 Å². The van der Waals surface area contributed by atoms with Gasteiger partial charge in [0, 0.05) is 12.5 Å². The second kappa shape index (κ2) is 8.32. The summed E-state index contributed by atoms with van der Waals surface area (Å²) >= 11 is 0. The standard InChI is InChI=1S/C19H22FNO2/c1-14(12-16-7-3-4-9-18(16)20)19(22)21-11-10-15-6-5-8-17(13-15)23-2/h3-9,13-14H,10-12H2,1-2H3,(H,21,22). The topological polar surface area (TPSA) is 38.3 Å². The molecule has 1 unspecified atom stereocenters. The first-order chi connectivity index (χ1) is 11.1. The van der Waals surface area contributed by atoms with Crippen molar-refractivity contribution in [2.75, 3.05) is 13.7 Å². The highest BCUT2D eigenvalue weighted by Gasteiger charge is 2.14. The number of ether oxygens (including phenoxy) is 1. The fourth-order valence-electron chi connectivity index (χ4n) is 2.42. The van der Waals surface area contributed by atoms with Crippen LogP contribution in [0.1, 0.15) is 18.1 Å². The second-order valence-corrected chi connectivity index (χ2v) is 5.59. The molecule has 0 aliphatic rings. The van der Waals surface area contributed by atoms with Gasteiger partial charge >= 0.3 is 0 Å². The van der Waals surface area contributed by atoms with Gasteiger partial charge < -0.3 is 10.1 Å². The molecule has 122 valence electrons. The molecule has 0 saturated heterocycles. The predicted molar refractivity (Wildman–Crippen MR) is 89.0 cm³/mol. The predicted octanol–water partition coefficient (Wildman–Crippen LogP) is 3.37. The van der Waals surface area contributed by atoms with E-state index < -0.39 is 0 Å². The zero-order valence-corrected chi connectivity index (χ0v) is 13.5. The van der Waals surface area contributed by atoms with E-state index in [1.807, 2.05) is 31.2 Å². The maximum Gasteiger partial charge on any atom is 0.223 e. The van der Waals surface area contributed by atoms with E-state index in [0.717, 1.165) is 17.7 Å². The van der Waals surface area contributed by atoms with Crippen molar-refractivity contribution in [2.24, 2.45) is 5.92 Å². The lowest BCUT2D eigenvalue weighted by atomic mass is 10.00. The summed E-state index contributed by atoms with van der Waals surface area (Å²) in [5, 5.41) is 2.91. The summed E-state index contributed by atoms with van der Waals surface area (Å²) in [7, 11) is 1.63. The van der Waals surface area contributed by atoms with Crippen LogP contribution in [0.25, 0.3) is 0 Å². The van der Waals surface area contributed by atoms with Gasteiger partial charge in [0.05, 0.1) is 7.11 Å². The first kappa shape index (κ1) is 17.0. The molecule has 2 aromatic rings. The SMILES string of the molecule is COc1cccc(CCNC(=O)C(C)Cc2ccccc2F)c1. The van der Waals surface area contributed by atoms with Crippen LogP contribution in [0.15, 0.2) is 48.5 Å². The first-order valence-electron chi connectivity index (χ1n) is 7.74. The Bertz CT molecular complexity index is 657. The van der Waals surface area contributed by atoms with E-state index in [-0.39, 0.29) is 17.6 Å². The minimum absolute atomic E-state index is 0.0591. The smallest absolute Gasteiger partial charge is 0.223 e. The summed E-state index contributed by atoms with van der Waals surface area (Å²) in [4.78, 5) is 12.1. The van der Waals surface area contributed by atoms with Gasteiger partial charge in [0.1, 0.15) is 11.6 Å². The molecule has 0 aliphatic carbocycles. The number of hydrogen-bond donors (Lipinski definition) is 1. The van der Waals surface area contributed by atoms with Crippen molar-refractivity contribution >= 4 is 5.91 Å². The molecule has 0 saturated carbocycles. The maximum absolute atomic E-state index is 13.6. The molecule has 23 heavy (non-hydrogen) atoms. The molecule has 0 fully saturated rings. The minimum Gasteiger partial charge on any atom is -0.497 e. The Kier molecular flexibility index (Phi) is 6.15. The minimum atomic E-state index is -0.266. The molecule has 4 heteroatoms. The third kappa shape index (κ3) is 5.09. The molecule has 0 aromatic heterocycles. The largest absolute Gasteiger partial charge is 0.497 e. The molecule has 3 nitrogen and oxygen atoms in total. The molecule has 0 heterocycles. The highest BCUT2D eigenvalue weighted by atomic mass is 19.1. The van der Waals surface area contributed by atoms with Gasteiger partial charge in [-0.3, -0.25) is 4.79 Å². The van der Waals surface area contributed by atoms with Crippen molar-refractivity contribution in [3.63, 3.8) is 0 Å². The van der Waals surface area contributed by atoms with Crippen LogP contribution in [0.5, 0.6) is 5.75 Å². The molecule has 0 bridgehead atoms. The van der Waals surface area contributed by atoms with Crippen molar-refractivity contribution in [1.82, 2.24) is 5.32 Å². The average Bonchev–Trinajstić information content (AvgIpc) is 2.57. The third-order valence-corrected chi connectivity index (χ3v) is 3.78. The Labute approximate surface area is 136 Å². The van der Waals surface area contributed by atoms with Crippen molar-refractivity contribution in [1.29, 1.82) is 0 Å². The van der Waals surface area contributed by atoms with Crippen molar-refractivity contribution in [3.05, 3.63) is 65.5 Å². The molecular weight excluding hydrogens is 293 g/mol. The molecule has 0 spiro atoms. The Balaban J connectivity index is 1.81. The summed E-state index contributed by atoms with van der Waals surface area (Å²) in [5.74, 6) is 0.221. The Morgan fingerprint density at radius 2 is 2.00 bits per heavy atom. The van der Waals surface area contributed by atoms with E-state index in [1.54, 1.807) is 25.3 Å². The maximum atomic E-state index is 13.6. The summed E-state index contributed by atoms with van der Waals surface area (Å²) < 4.78 is 18.8. The van der Waals surface area contributed by atoms with E-state index in [1.165, 1.54) is 6.07 Å². The third-order valence-electron chi connectivity index (χ3n) is 3.78. The van der Waals surface area contributed by atoms with Crippen LogP contribution >= 0.6 is 0 Å². The summed E-state index contributed by atoms with van der Waals surface area (Å²) in [6.45, 7) is 2.36. The normalized spacial score (nSPS) is 11.8. The Morgan fingerprint density at radius 1 is 1.22 bits per heavy atom. The molecular formula is C19H22FNO2. The monoisotopic (exact) mass is 315 g/mol. The van der Waals surface area contributed by atoms with Crippen molar-refractivity contribution in [3.8, 4) is 5.75 Å². The molecule has 2 rings (SSSR count). The number of rotatable bonds is 7.